The van der Waals surface area contributed by atoms with E-state index in [0.29, 0.717) is 0 Å². The number of pyridine rings is 2. The number of para-hydroxylation sites is 2. The molecule has 8 rings (SSSR count). The summed E-state index contributed by atoms with van der Waals surface area (Å²) in [6.07, 6.45) is 8.33. The molecular weight excluding hydrogens is 681 g/mol. The zero-order chi connectivity index (χ0) is 39.2. The standard InChI is InChI=1S/C52H50N4/c1-35(51(3,4)5)27-28-36(2)55(45-25-13-17-37-19-15-33-53-47(37)45)49-41-21-9-11-23-43(41)50(44-24-12-10-22-42(44)49)56(40-31-29-39(30-32-40)52(6,7)8)46-26-14-18-38-20-16-34-54-48(38)46/h9-34H,1-8H3/b35-27+,36-28+. The van der Waals surface area contributed by atoms with Crippen LogP contribution >= 0.6 is 0 Å². The van der Waals surface area contributed by atoms with Crippen molar-refractivity contribution >= 4 is 71.8 Å². The number of fused-ring (bicyclic) bond motifs is 4. The van der Waals surface area contributed by atoms with Gasteiger partial charge in [-0.25, -0.2) is 0 Å². The van der Waals surface area contributed by atoms with Crippen LogP contribution in [0.25, 0.3) is 43.4 Å². The summed E-state index contributed by atoms with van der Waals surface area (Å²) in [6.45, 7) is 18.0. The van der Waals surface area contributed by atoms with E-state index in [-0.39, 0.29) is 10.8 Å². The van der Waals surface area contributed by atoms with Crippen molar-refractivity contribution < 1.29 is 0 Å². The molecular formula is C52H50N4. The first-order chi connectivity index (χ1) is 26.9. The summed E-state index contributed by atoms with van der Waals surface area (Å²) >= 11 is 0. The Bertz CT molecular complexity index is 2730. The first kappa shape index (κ1) is 36.7. The summed E-state index contributed by atoms with van der Waals surface area (Å²) in [5.41, 5.74) is 11.1. The van der Waals surface area contributed by atoms with Crippen molar-refractivity contribution in [1.29, 1.82) is 0 Å². The molecule has 0 aliphatic rings. The van der Waals surface area contributed by atoms with E-state index in [1.165, 1.54) is 11.1 Å². The molecule has 0 saturated carbocycles. The van der Waals surface area contributed by atoms with Crippen molar-refractivity contribution in [3.63, 3.8) is 0 Å². The molecule has 0 fully saturated rings. The highest BCUT2D eigenvalue weighted by atomic mass is 15.2. The summed E-state index contributed by atoms with van der Waals surface area (Å²) in [5, 5.41) is 6.76. The normalized spacial score (nSPS) is 12.9. The maximum absolute atomic E-state index is 4.99. The van der Waals surface area contributed by atoms with Crippen LogP contribution in [-0.4, -0.2) is 9.97 Å². The van der Waals surface area contributed by atoms with Crippen LogP contribution in [0.2, 0.25) is 0 Å². The Balaban J connectivity index is 1.49. The van der Waals surface area contributed by atoms with E-state index >= 15 is 0 Å². The first-order valence-electron chi connectivity index (χ1n) is 19.6. The quantitative estimate of drug-likeness (QED) is 0.0928. The van der Waals surface area contributed by atoms with Crippen molar-refractivity contribution in [2.24, 2.45) is 5.41 Å². The first-order valence-corrected chi connectivity index (χ1v) is 19.6. The molecule has 2 heterocycles. The van der Waals surface area contributed by atoms with Gasteiger partial charge in [0.25, 0.3) is 0 Å². The number of benzene rings is 6. The van der Waals surface area contributed by atoms with Crippen LogP contribution in [0, 0.1) is 5.41 Å². The fourth-order valence-corrected chi connectivity index (χ4v) is 7.66. The zero-order valence-electron chi connectivity index (χ0n) is 33.8. The summed E-state index contributed by atoms with van der Waals surface area (Å²) in [4.78, 5) is 14.8. The average Bonchev–Trinajstić information content (AvgIpc) is 3.20. The lowest BCUT2D eigenvalue weighted by Crippen LogP contribution is -2.18. The number of anilines is 5. The molecule has 0 spiro atoms. The predicted octanol–water partition coefficient (Wildman–Crippen LogP) is 14.9. The van der Waals surface area contributed by atoms with Gasteiger partial charge in [-0.1, -0.05) is 150 Å². The Morgan fingerprint density at radius 1 is 0.500 bits per heavy atom. The number of hydrogen-bond donors (Lipinski definition) is 0. The monoisotopic (exact) mass is 730 g/mol. The van der Waals surface area contributed by atoms with E-state index in [1.54, 1.807) is 0 Å². The van der Waals surface area contributed by atoms with Gasteiger partial charge < -0.3 is 9.80 Å². The van der Waals surface area contributed by atoms with Gasteiger partial charge in [0.2, 0.25) is 0 Å². The van der Waals surface area contributed by atoms with Crippen molar-refractivity contribution in [2.75, 3.05) is 9.80 Å². The Kier molecular flexibility index (Phi) is 9.46. The minimum absolute atomic E-state index is 0.0251. The number of allylic oxidation sites excluding steroid dienone is 4. The molecule has 8 aromatic rings. The number of rotatable bonds is 7. The third-order valence-corrected chi connectivity index (χ3v) is 11.1. The fraction of sp³-hybridized carbons (Fsp3) is 0.192. The molecule has 0 aliphatic carbocycles. The molecule has 56 heavy (non-hydrogen) atoms. The molecule has 0 N–H and O–H groups in total. The van der Waals surface area contributed by atoms with E-state index in [1.807, 2.05) is 24.5 Å². The minimum Gasteiger partial charge on any atom is -0.311 e. The van der Waals surface area contributed by atoms with Gasteiger partial charge in [0.1, 0.15) is 0 Å². The summed E-state index contributed by atoms with van der Waals surface area (Å²) < 4.78 is 0. The molecule has 4 heteroatoms. The van der Waals surface area contributed by atoms with Crippen LogP contribution in [0.1, 0.15) is 61.0 Å². The van der Waals surface area contributed by atoms with Crippen molar-refractivity contribution in [2.45, 2.75) is 60.8 Å². The lowest BCUT2D eigenvalue weighted by Gasteiger charge is -2.33. The van der Waals surface area contributed by atoms with E-state index in [2.05, 4.69) is 199 Å². The average molecular weight is 731 g/mol. The fourth-order valence-electron chi connectivity index (χ4n) is 7.66. The summed E-state index contributed by atoms with van der Waals surface area (Å²) in [7, 11) is 0. The molecule has 0 unspecified atom stereocenters. The Morgan fingerprint density at radius 3 is 1.50 bits per heavy atom. The van der Waals surface area contributed by atoms with E-state index in [4.69, 9.17) is 9.97 Å². The lowest BCUT2D eigenvalue weighted by molar-refractivity contribution is 0.504. The van der Waals surface area contributed by atoms with Gasteiger partial charge in [0.05, 0.1) is 33.8 Å². The Morgan fingerprint density at radius 2 is 0.982 bits per heavy atom. The van der Waals surface area contributed by atoms with Crippen LogP contribution in [0.5, 0.6) is 0 Å². The molecule has 2 aromatic heterocycles. The summed E-state index contributed by atoms with van der Waals surface area (Å²) in [5.74, 6) is 0. The van der Waals surface area contributed by atoms with E-state index < -0.39 is 0 Å². The van der Waals surface area contributed by atoms with Crippen molar-refractivity contribution in [3.8, 4) is 0 Å². The molecule has 4 nitrogen and oxygen atoms in total. The third-order valence-electron chi connectivity index (χ3n) is 11.1. The van der Waals surface area contributed by atoms with Gasteiger partial charge in [-0.2, -0.15) is 0 Å². The van der Waals surface area contributed by atoms with Crippen LogP contribution in [0.4, 0.5) is 28.4 Å². The smallest absolute Gasteiger partial charge is 0.0942 e. The molecule has 0 saturated heterocycles. The SMILES string of the molecule is C/C(=C\C=C(/C)C(C)(C)C)N(c1c2ccccc2c(N(c2ccc(C(C)(C)C)cc2)c2cccc3cccnc23)c2ccccc12)c1cccc2cccnc12. The number of hydrogen-bond acceptors (Lipinski definition) is 4. The van der Waals surface area contributed by atoms with Crippen LogP contribution < -0.4 is 9.80 Å². The maximum Gasteiger partial charge on any atom is 0.0942 e. The third kappa shape index (κ3) is 6.70. The molecule has 278 valence electrons. The van der Waals surface area contributed by atoms with E-state index in [0.717, 1.165) is 77.5 Å². The molecule has 0 amide bonds. The van der Waals surface area contributed by atoms with Crippen molar-refractivity contribution in [1.82, 2.24) is 9.97 Å². The van der Waals surface area contributed by atoms with Gasteiger partial charge in [-0.3, -0.25) is 9.97 Å². The van der Waals surface area contributed by atoms with Gasteiger partial charge in [0, 0.05) is 56.1 Å². The highest BCUT2D eigenvalue weighted by Crippen LogP contribution is 2.51. The molecule has 0 aliphatic heterocycles. The topological polar surface area (TPSA) is 32.3 Å². The second-order valence-corrected chi connectivity index (χ2v) is 16.9. The molecule has 6 aromatic carbocycles. The molecule has 0 radical (unpaired) electrons. The summed E-state index contributed by atoms with van der Waals surface area (Å²) in [6, 6.07) is 48.1. The van der Waals surface area contributed by atoms with Crippen LogP contribution in [0.15, 0.2) is 169 Å². The van der Waals surface area contributed by atoms with Gasteiger partial charge in [-0.15, -0.1) is 0 Å². The Hall–Kier alpha value is -6.26. The lowest BCUT2D eigenvalue weighted by atomic mass is 9.87. The predicted molar refractivity (Wildman–Crippen MR) is 241 cm³/mol. The second-order valence-electron chi connectivity index (χ2n) is 16.9. The highest BCUT2D eigenvalue weighted by molar-refractivity contribution is 6.24. The Labute approximate surface area is 331 Å². The zero-order valence-corrected chi connectivity index (χ0v) is 33.8. The minimum atomic E-state index is 0.0251. The van der Waals surface area contributed by atoms with Gasteiger partial charge in [-0.05, 0) is 72.7 Å². The number of nitrogens with zero attached hydrogens (tertiary/aromatic N) is 4. The van der Waals surface area contributed by atoms with Crippen molar-refractivity contribution in [3.05, 3.63) is 175 Å². The van der Waals surface area contributed by atoms with Gasteiger partial charge in [0.15, 0.2) is 0 Å². The van der Waals surface area contributed by atoms with E-state index in [9.17, 15) is 0 Å². The van der Waals surface area contributed by atoms with Crippen LogP contribution in [-0.2, 0) is 5.41 Å². The molecule has 0 atom stereocenters. The largest absolute Gasteiger partial charge is 0.311 e. The highest BCUT2D eigenvalue weighted by Gasteiger charge is 2.27. The number of aromatic nitrogens is 2. The maximum atomic E-state index is 4.99. The molecule has 0 bridgehead atoms. The van der Waals surface area contributed by atoms with Gasteiger partial charge >= 0.3 is 0 Å². The second kappa shape index (κ2) is 14.4. The van der Waals surface area contributed by atoms with Crippen LogP contribution in [0.3, 0.4) is 0 Å².